The second-order valence-electron chi connectivity index (χ2n) is 5.13. The van der Waals surface area contributed by atoms with Crippen molar-refractivity contribution in [1.29, 1.82) is 0 Å². The van der Waals surface area contributed by atoms with Gasteiger partial charge in [0, 0.05) is 23.9 Å². The Morgan fingerprint density at radius 3 is 2.62 bits per heavy atom. The van der Waals surface area contributed by atoms with Gasteiger partial charge in [0.2, 0.25) is 5.88 Å². The van der Waals surface area contributed by atoms with Gasteiger partial charge in [-0.1, -0.05) is 32.0 Å². The molecule has 3 heteroatoms. The minimum atomic E-state index is 0.413. The maximum atomic E-state index is 5.11. The van der Waals surface area contributed by atoms with E-state index in [0.29, 0.717) is 11.9 Å². The van der Waals surface area contributed by atoms with Gasteiger partial charge >= 0.3 is 0 Å². The molecule has 1 aromatic heterocycles. The minimum absolute atomic E-state index is 0.413. The first-order valence-corrected chi connectivity index (χ1v) is 7.62. The van der Waals surface area contributed by atoms with Crippen LogP contribution in [0.1, 0.15) is 38.3 Å². The second kappa shape index (κ2) is 7.79. The normalized spacial score (nSPS) is 12.1. The average Bonchev–Trinajstić information content (AvgIpc) is 2.56. The summed E-state index contributed by atoms with van der Waals surface area (Å²) in [7, 11) is 1.63. The molecule has 1 aromatic carbocycles. The van der Waals surface area contributed by atoms with E-state index in [-0.39, 0.29) is 0 Å². The van der Waals surface area contributed by atoms with Crippen molar-refractivity contribution in [3.63, 3.8) is 0 Å². The lowest BCUT2D eigenvalue weighted by Crippen LogP contribution is -2.21. The molecule has 0 bridgehead atoms. The van der Waals surface area contributed by atoms with Gasteiger partial charge in [0.15, 0.2) is 0 Å². The minimum Gasteiger partial charge on any atom is -0.481 e. The molecule has 0 aliphatic carbocycles. The molecule has 0 aliphatic heterocycles. The standard InChI is InChI=1S/C18H24N2O/c1-4-11-19-17(5-2)15-8-6-7-14(12-15)16-9-10-18(21-3)20-13-16/h6-10,12-13,17,19H,4-5,11H2,1-3H3. The van der Waals surface area contributed by atoms with Crippen molar-refractivity contribution in [1.82, 2.24) is 10.3 Å². The van der Waals surface area contributed by atoms with Crippen LogP contribution in [0, 0.1) is 0 Å². The number of hydrogen-bond donors (Lipinski definition) is 1. The van der Waals surface area contributed by atoms with Crippen LogP contribution < -0.4 is 10.1 Å². The van der Waals surface area contributed by atoms with Crippen LogP contribution in [0.2, 0.25) is 0 Å². The highest BCUT2D eigenvalue weighted by Crippen LogP contribution is 2.25. The van der Waals surface area contributed by atoms with Gasteiger partial charge in [-0.05, 0) is 42.6 Å². The predicted octanol–water partition coefficient (Wildman–Crippen LogP) is 4.21. The molecule has 1 atom stereocenters. The molecule has 3 nitrogen and oxygen atoms in total. The fourth-order valence-electron chi connectivity index (χ4n) is 2.42. The highest BCUT2D eigenvalue weighted by atomic mass is 16.5. The fourth-order valence-corrected chi connectivity index (χ4v) is 2.42. The fraction of sp³-hybridized carbons (Fsp3) is 0.389. The lowest BCUT2D eigenvalue weighted by Gasteiger charge is -2.18. The quantitative estimate of drug-likeness (QED) is 0.827. The molecule has 0 saturated heterocycles. The van der Waals surface area contributed by atoms with Crippen LogP contribution in [0.25, 0.3) is 11.1 Å². The Morgan fingerprint density at radius 1 is 1.14 bits per heavy atom. The topological polar surface area (TPSA) is 34.1 Å². The Kier molecular flexibility index (Phi) is 5.76. The molecule has 1 heterocycles. The van der Waals surface area contributed by atoms with E-state index in [2.05, 4.69) is 48.4 Å². The molecule has 1 N–H and O–H groups in total. The zero-order valence-electron chi connectivity index (χ0n) is 13.1. The molecular formula is C18H24N2O. The molecule has 0 aliphatic rings. The zero-order valence-corrected chi connectivity index (χ0v) is 13.1. The largest absolute Gasteiger partial charge is 0.481 e. The summed E-state index contributed by atoms with van der Waals surface area (Å²) < 4.78 is 5.11. The van der Waals surface area contributed by atoms with Crippen LogP contribution in [0.5, 0.6) is 5.88 Å². The molecule has 0 amide bonds. The van der Waals surface area contributed by atoms with Crippen LogP contribution in [0.3, 0.4) is 0 Å². The van der Waals surface area contributed by atoms with Gasteiger partial charge in [0.25, 0.3) is 0 Å². The first-order valence-electron chi connectivity index (χ1n) is 7.62. The molecular weight excluding hydrogens is 260 g/mol. The molecule has 0 fully saturated rings. The molecule has 21 heavy (non-hydrogen) atoms. The first kappa shape index (κ1) is 15.5. The maximum absolute atomic E-state index is 5.11. The number of ether oxygens (including phenoxy) is 1. The number of pyridine rings is 1. The van der Waals surface area contributed by atoms with E-state index in [1.54, 1.807) is 7.11 Å². The number of aromatic nitrogens is 1. The molecule has 112 valence electrons. The predicted molar refractivity (Wildman–Crippen MR) is 87.6 cm³/mol. The van der Waals surface area contributed by atoms with Gasteiger partial charge in [0.05, 0.1) is 7.11 Å². The summed E-state index contributed by atoms with van der Waals surface area (Å²) >= 11 is 0. The summed E-state index contributed by atoms with van der Waals surface area (Å²) in [6.45, 7) is 5.46. The molecule has 0 spiro atoms. The van der Waals surface area contributed by atoms with Gasteiger partial charge < -0.3 is 10.1 Å². The summed E-state index contributed by atoms with van der Waals surface area (Å²) in [5.41, 5.74) is 3.64. The highest BCUT2D eigenvalue weighted by Gasteiger charge is 2.09. The van der Waals surface area contributed by atoms with E-state index in [1.165, 1.54) is 11.1 Å². The number of rotatable bonds is 7. The molecule has 2 rings (SSSR count). The number of nitrogens with one attached hydrogen (secondary N) is 1. The van der Waals surface area contributed by atoms with Crippen molar-refractivity contribution in [3.05, 3.63) is 48.2 Å². The van der Waals surface area contributed by atoms with E-state index in [1.807, 2.05) is 18.3 Å². The summed E-state index contributed by atoms with van der Waals surface area (Å²) in [4.78, 5) is 4.28. The van der Waals surface area contributed by atoms with Gasteiger partial charge in [-0.25, -0.2) is 4.98 Å². The van der Waals surface area contributed by atoms with Gasteiger partial charge in [-0.3, -0.25) is 0 Å². The monoisotopic (exact) mass is 284 g/mol. The summed E-state index contributed by atoms with van der Waals surface area (Å²) in [5.74, 6) is 0.644. The number of methoxy groups -OCH3 is 1. The summed E-state index contributed by atoms with van der Waals surface area (Å²) in [5, 5.41) is 3.60. The number of benzene rings is 1. The zero-order chi connectivity index (χ0) is 15.1. The van der Waals surface area contributed by atoms with Crippen LogP contribution in [-0.2, 0) is 0 Å². The van der Waals surface area contributed by atoms with Crippen molar-refractivity contribution in [2.75, 3.05) is 13.7 Å². The van der Waals surface area contributed by atoms with Crippen molar-refractivity contribution >= 4 is 0 Å². The van der Waals surface area contributed by atoms with E-state index < -0.39 is 0 Å². The van der Waals surface area contributed by atoms with Gasteiger partial charge in [-0.2, -0.15) is 0 Å². The van der Waals surface area contributed by atoms with E-state index >= 15 is 0 Å². The molecule has 0 saturated carbocycles. The van der Waals surface area contributed by atoms with Crippen molar-refractivity contribution in [2.45, 2.75) is 32.7 Å². The molecule has 1 unspecified atom stereocenters. The van der Waals surface area contributed by atoms with E-state index in [0.717, 1.165) is 24.9 Å². The third-order valence-corrected chi connectivity index (χ3v) is 3.62. The third-order valence-electron chi connectivity index (χ3n) is 3.62. The van der Waals surface area contributed by atoms with Crippen LogP contribution in [-0.4, -0.2) is 18.6 Å². The number of hydrogen-bond acceptors (Lipinski definition) is 3. The lowest BCUT2D eigenvalue weighted by molar-refractivity contribution is 0.398. The summed E-state index contributed by atoms with van der Waals surface area (Å²) in [6, 6.07) is 13.0. The van der Waals surface area contributed by atoms with Crippen molar-refractivity contribution in [2.24, 2.45) is 0 Å². The van der Waals surface area contributed by atoms with Crippen LogP contribution in [0.15, 0.2) is 42.6 Å². The Bertz CT molecular complexity index is 551. The van der Waals surface area contributed by atoms with Gasteiger partial charge in [0.1, 0.15) is 0 Å². The summed E-state index contributed by atoms with van der Waals surface area (Å²) in [6.07, 6.45) is 4.10. The third kappa shape index (κ3) is 4.05. The first-order chi connectivity index (χ1) is 10.3. The Labute approximate surface area is 127 Å². The van der Waals surface area contributed by atoms with Crippen molar-refractivity contribution < 1.29 is 4.74 Å². The maximum Gasteiger partial charge on any atom is 0.212 e. The Hall–Kier alpha value is -1.87. The average molecular weight is 284 g/mol. The second-order valence-corrected chi connectivity index (χ2v) is 5.13. The van der Waals surface area contributed by atoms with Crippen LogP contribution >= 0.6 is 0 Å². The smallest absolute Gasteiger partial charge is 0.212 e. The van der Waals surface area contributed by atoms with Crippen LogP contribution in [0.4, 0.5) is 0 Å². The number of nitrogens with zero attached hydrogens (tertiary/aromatic N) is 1. The van der Waals surface area contributed by atoms with E-state index in [4.69, 9.17) is 4.74 Å². The SMILES string of the molecule is CCCNC(CC)c1cccc(-c2ccc(OC)nc2)c1. The Balaban J connectivity index is 2.23. The van der Waals surface area contributed by atoms with E-state index in [9.17, 15) is 0 Å². The van der Waals surface area contributed by atoms with Crippen molar-refractivity contribution in [3.8, 4) is 17.0 Å². The highest BCUT2D eigenvalue weighted by molar-refractivity contribution is 5.63. The molecule has 0 radical (unpaired) electrons. The lowest BCUT2D eigenvalue weighted by atomic mass is 9.99. The van der Waals surface area contributed by atoms with Gasteiger partial charge in [-0.15, -0.1) is 0 Å². The Morgan fingerprint density at radius 2 is 2.00 bits per heavy atom. The molecule has 2 aromatic rings.